The molecule has 0 aliphatic carbocycles. The molecule has 1 atom stereocenters. The highest BCUT2D eigenvalue weighted by molar-refractivity contribution is 5.36. The first kappa shape index (κ1) is 20.9. The van der Waals surface area contributed by atoms with Crippen LogP contribution in [0.25, 0.3) is 0 Å². The van der Waals surface area contributed by atoms with Crippen LogP contribution in [0, 0.1) is 12.7 Å². The summed E-state index contributed by atoms with van der Waals surface area (Å²) in [6.45, 7) is 8.45. The normalized spacial score (nSPS) is 12.9. The Balaban J connectivity index is 1.69. The van der Waals surface area contributed by atoms with Crippen LogP contribution in [0.4, 0.5) is 4.39 Å². The summed E-state index contributed by atoms with van der Waals surface area (Å²) in [5.41, 5.74) is 3.63. The van der Waals surface area contributed by atoms with Gasteiger partial charge >= 0.3 is 0 Å². The molecule has 0 spiro atoms. The maximum Gasteiger partial charge on any atom is 0.165 e. The first-order valence-electron chi connectivity index (χ1n) is 10.3. The predicted molar refractivity (Wildman–Crippen MR) is 119 cm³/mol. The van der Waals surface area contributed by atoms with Crippen molar-refractivity contribution in [3.63, 3.8) is 0 Å². The van der Waals surface area contributed by atoms with Crippen LogP contribution in [0.1, 0.15) is 42.9 Å². The number of benzene rings is 3. The van der Waals surface area contributed by atoms with Crippen LogP contribution in [0.5, 0.6) is 11.5 Å². The van der Waals surface area contributed by atoms with Gasteiger partial charge in [-0.3, -0.25) is 0 Å². The van der Waals surface area contributed by atoms with Gasteiger partial charge in [0.05, 0.1) is 0 Å². The van der Waals surface area contributed by atoms with Gasteiger partial charge in [-0.05, 0) is 68.0 Å². The molecule has 0 saturated heterocycles. The van der Waals surface area contributed by atoms with E-state index in [9.17, 15) is 4.39 Å². The van der Waals surface area contributed by atoms with Gasteiger partial charge in [0.2, 0.25) is 0 Å². The molecule has 3 rings (SSSR count). The molecule has 2 heteroatoms. The molecule has 0 aromatic heterocycles. The number of halogens is 1. The fourth-order valence-corrected chi connectivity index (χ4v) is 3.78. The second-order valence-electron chi connectivity index (χ2n) is 7.61. The van der Waals surface area contributed by atoms with Crippen molar-refractivity contribution >= 4 is 0 Å². The average molecular weight is 389 g/mol. The zero-order valence-corrected chi connectivity index (χ0v) is 17.3. The molecule has 1 nitrogen and oxygen atoms in total. The number of allylic oxidation sites excluding steroid dienone is 1. The van der Waals surface area contributed by atoms with Gasteiger partial charge in [-0.2, -0.15) is 0 Å². The lowest BCUT2D eigenvalue weighted by atomic mass is 9.74. The van der Waals surface area contributed by atoms with Crippen LogP contribution >= 0.6 is 0 Å². The quantitative estimate of drug-likeness (QED) is 0.340. The maximum atomic E-state index is 14.2. The topological polar surface area (TPSA) is 9.23 Å². The summed E-state index contributed by atoms with van der Waals surface area (Å²) in [7, 11) is 0. The maximum absolute atomic E-state index is 14.2. The van der Waals surface area contributed by atoms with Gasteiger partial charge < -0.3 is 4.74 Å². The summed E-state index contributed by atoms with van der Waals surface area (Å²) in [4.78, 5) is 0. The van der Waals surface area contributed by atoms with Crippen LogP contribution < -0.4 is 4.74 Å². The Kier molecular flexibility index (Phi) is 6.87. The van der Waals surface area contributed by atoms with E-state index in [1.807, 2.05) is 42.5 Å². The SMILES string of the molecule is C=CC(CC)(CCCc1ccc(F)c(Oc2ccccc2)c1)c1ccc(C)cc1. The summed E-state index contributed by atoms with van der Waals surface area (Å²) in [6, 6.07) is 23.2. The Hall–Kier alpha value is -2.87. The minimum absolute atomic E-state index is 0.0307. The lowest BCUT2D eigenvalue weighted by Gasteiger charge is -2.30. The summed E-state index contributed by atoms with van der Waals surface area (Å²) >= 11 is 0. The van der Waals surface area contributed by atoms with E-state index in [1.165, 1.54) is 17.2 Å². The molecule has 0 saturated carbocycles. The van der Waals surface area contributed by atoms with Crippen molar-refractivity contribution in [2.45, 2.75) is 44.9 Å². The number of ether oxygens (including phenoxy) is 1. The smallest absolute Gasteiger partial charge is 0.165 e. The summed E-state index contributed by atoms with van der Waals surface area (Å²) in [5.74, 6) is 0.573. The lowest BCUT2D eigenvalue weighted by molar-refractivity contribution is 0.439. The van der Waals surface area contributed by atoms with Crippen molar-refractivity contribution in [3.05, 3.63) is 108 Å². The van der Waals surface area contributed by atoms with Gasteiger partial charge in [0.1, 0.15) is 5.75 Å². The minimum Gasteiger partial charge on any atom is -0.454 e. The standard InChI is InChI=1S/C27H29FO/c1-4-27(5-2,23-16-13-21(3)14-17-23)19-9-10-22-15-18-25(28)26(20-22)29-24-11-7-6-8-12-24/h4,6-8,11-18,20H,1,5,9-10,19H2,2-3H3. The molecule has 29 heavy (non-hydrogen) atoms. The van der Waals surface area contributed by atoms with Crippen LogP contribution in [0.2, 0.25) is 0 Å². The molecular formula is C27H29FO. The molecule has 150 valence electrons. The van der Waals surface area contributed by atoms with Crippen LogP contribution in [-0.4, -0.2) is 0 Å². The highest BCUT2D eigenvalue weighted by Crippen LogP contribution is 2.35. The molecule has 0 fully saturated rings. The fraction of sp³-hybridized carbons (Fsp3) is 0.259. The molecular weight excluding hydrogens is 359 g/mol. The van der Waals surface area contributed by atoms with Gasteiger partial charge in [0, 0.05) is 5.41 Å². The second kappa shape index (κ2) is 9.56. The molecule has 0 amide bonds. The molecule has 0 bridgehead atoms. The largest absolute Gasteiger partial charge is 0.454 e. The lowest BCUT2D eigenvalue weighted by Crippen LogP contribution is -2.22. The highest BCUT2D eigenvalue weighted by Gasteiger charge is 2.26. The van der Waals surface area contributed by atoms with Crippen molar-refractivity contribution in [2.75, 3.05) is 0 Å². The van der Waals surface area contributed by atoms with Crippen LogP contribution in [0.3, 0.4) is 0 Å². The van der Waals surface area contributed by atoms with E-state index in [-0.39, 0.29) is 17.0 Å². The van der Waals surface area contributed by atoms with E-state index in [4.69, 9.17) is 4.74 Å². The van der Waals surface area contributed by atoms with Gasteiger partial charge in [-0.25, -0.2) is 4.39 Å². The minimum atomic E-state index is -0.341. The number of hydrogen-bond donors (Lipinski definition) is 0. The monoisotopic (exact) mass is 388 g/mol. The molecule has 0 aliphatic heterocycles. The third-order valence-corrected chi connectivity index (χ3v) is 5.70. The van der Waals surface area contributed by atoms with Gasteiger partial charge in [0.25, 0.3) is 0 Å². The van der Waals surface area contributed by atoms with Crippen molar-refractivity contribution in [1.29, 1.82) is 0 Å². The van der Waals surface area contributed by atoms with Crippen molar-refractivity contribution in [2.24, 2.45) is 0 Å². The van der Waals surface area contributed by atoms with E-state index in [1.54, 1.807) is 0 Å². The van der Waals surface area contributed by atoms with E-state index in [2.05, 4.69) is 50.8 Å². The van der Waals surface area contributed by atoms with Crippen LogP contribution in [-0.2, 0) is 11.8 Å². The van der Waals surface area contributed by atoms with Crippen molar-refractivity contribution < 1.29 is 9.13 Å². The summed E-state index contributed by atoms with van der Waals surface area (Å²) < 4.78 is 19.9. The summed E-state index contributed by atoms with van der Waals surface area (Å²) in [6.07, 6.45) is 5.96. The first-order valence-corrected chi connectivity index (χ1v) is 10.3. The van der Waals surface area contributed by atoms with E-state index in [0.29, 0.717) is 5.75 Å². The third-order valence-electron chi connectivity index (χ3n) is 5.70. The molecule has 0 aliphatic rings. The summed E-state index contributed by atoms with van der Waals surface area (Å²) in [5, 5.41) is 0. The Morgan fingerprint density at radius 1 is 1.00 bits per heavy atom. The molecule has 0 radical (unpaired) electrons. The van der Waals surface area contributed by atoms with Crippen molar-refractivity contribution in [3.8, 4) is 11.5 Å². The van der Waals surface area contributed by atoms with E-state index < -0.39 is 0 Å². The Morgan fingerprint density at radius 2 is 1.72 bits per heavy atom. The van der Waals surface area contributed by atoms with Gasteiger partial charge in [0.15, 0.2) is 11.6 Å². The number of para-hydroxylation sites is 1. The molecule has 0 N–H and O–H groups in total. The Morgan fingerprint density at radius 3 is 2.38 bits per heavy atom. The van der Waals surface area contributed by atoms with E-state index >= 15 is 0 Å². The van der Waals surface area contributed by atoms with Gasteiger partial charge in [-0.15, -0.1) is 6.58 Å². The molecule has 0 heterocycles. The van der Waals surface area contributed by atoms with Crippen molar-refractivity contribution in [1.82, 2.24) is 0 Å². The average Bonchev–Trinajstić information content (AvgIpc) is 2.75. The molecule has 1 unspecified atom stereocenters. The number of aryl methyl sites for hydroxylation is 2. The number of rotatable bonds is 9. The molecule has 3 aromatic carbocycles. The highest BCUT2D eigenvalue weighted by atomic mass is 19.1. The number of hydrogen-bond acceptors (Lipinski definition) is 1. The zero-order chi connectivity index (χ0) is 20.7. The predicted octanol–water partition coefficient (Wildman–Crippen LogP) is 7.78. The molecule has 3 aromatic rings. The van der Waals surface area contributed by atoms with Gasteiger partial charge in [-0.1, -0.05) is 67.1 Å². The third kappa shape index (κ3) is 5.14. The van der Waals surface area contributed by atoms with E-state index in [0.717, 1.165) is 31.2 Å². The van der Waals surface area contributed by atoms with Crippen LogP contribution in [0.15, 0.2) is 85.5 Å². The fourth-order valence-electron chi connectivity index (χ4n) is 3.78. The Bertz CT molecular complexity index is 931. The zero-order valence-electron chi connectivity index (χ0n) is 17.3. The second-order valence-corrected chi connectivity index (χ2v) is 7.61. The Labute approximate surface area is 173 Å². The first-order chi connectivity index (χ1) is 14.1.